The molecule has 2 nitrogen and oxygen atoms in total. The molecule has 1 aliphatic heterocycles. The molecule has 5 aromatic carbocycles. The van der Waals surface area contributed by atoms with Gasteiger partial charge in [-0.25, -0.2) is 0 Å². The van der Waals surface area contributed by atoms with Gasteiger partial charge in [0.15, 0.2) is 0 Å². The number of nitrogens with zero attached hydrogens (tertiary/aromatic N) is 2. The molecule has 0 saturated heterocycles. The fourth-order valence-electron chi connectivity index (χ4n) is 6.38. The van der Waals surface area contributed by atoms with E-state index in [1.54, 1.807) is 0 Å². The third-order valence-corrected chi connectivity index (χ3v) is 10.7. The Bertz CT molecular complexity index is 2190. The van der Waals surface area contributed by atoms with Crippen molar-refractivity contribution in [2.75, 3.05) is 11.4 Å². The molecule has 2 aliphatic rings. The van der Waals surface area contributed by atoms with Crippen molar-refractivity contribution in [3.63, 3.8) is 0 Å². The quantitative estimate of drug-likeness (QED) is 0.184. The fourth-order valence-corrected chi connectivity index (χ4v) is 8.70. The van der Waals surface area contributed by atoms with Gasteiger partial charge in [-0.3, -0.25) is 0 Å². The second-order valence-corrected chi connectivity index (χ2v) is 13.1. The number of allylic oxidation sites excluding steroid dienone is 6. The summed E-state index contributed by atoms with van der Waals surface area (Å²) in [5, 5.41) is 7.73. The minimum atomic E-state index is 0.940. The SMILES string of the molecule is CCN1/C(=C/C=C2C=C(/C=C/c3sc4cc5ccccc5cc4[n+]3CC)c3ccccc3/2)Sc2cc3ccccc3cc21. The number of hydrogen-bond donors (Lipinski definition) is 0. The van der Waals surface area contributed by atoms with Crippen molar-refractivity contribution >= 4 is 77.8 Å². The third kappa shape index (κ3) is 4.53. The second kappa shape index (κ2) is 10.7. The molecule has 208 valence electrons. The zero-order valence-corrected chi connectivity index (χ0v) is 25.9. The minimum absolute atomic E-state index is 0.940. The zero-order valence-electron chi connectivity index (χ0n) is 24.2. The molecule has 6 aromatic rings. The summed E-state index contributed by atoms with van der Waals surface area (Å²) in [5.41, 5.74) is 7.71. The molecule has 1 aromatic heterocycles. The summed E-state index contributed by atoms with van der Waals surface area (Å²) < 4.78 is 3.76. The van der Waals surface area contributed by atoms with E-state index in [-0.39, 0.29) is 0 Å². The lowest BCUT2D eigenvalue weighted by Crippen LogP contribution is -2.33. The maximum Gasteiger partial charge on any atom is 0.262 e. The van der Waals surface area contributed by atoms with Crippen molar-refractivity contribution < 1.29 is 4.57 Å². The van der Waals surface area contributed by atoms with Gasteiger partial charge < -0.3 is 4.90 Å². The molecule has 0 fully saturated rings. The molecule has 0 atom stereocenters. The van der Waals surface area contributed by atoms with Crippen LogP contribution >= 0.6 is 23.1 Å². The van der Waals surface area contributed by atoms with E-state index in [1.165, 1.54) is 74.7 Å². The van der Waals surface area contributed by atoms with Gasteiger partial charge in [-0.15, -0.1) is 0 Å². The van der Waals surface area contributed by atoms with Gasteiger partial charge in [0.1, 0.15) is 11.2 Å². The van der Waals surface area contributed by atoms with Crippen LogP contribution in [0.2, 0.25) is 0 Å². The van der Waals surface area contributed by atoms with Crippen molar-refractivity contribution in [2.45, 2.75) is 25.3 Å². The Morgan fingerprint density at radius 1 is 0.721 bits per heavy atom. The van der Waals surface area contributed by atoms with Crippen LogP contribution in [0.5, 0.6) is 0 Å². The normalized spacial score (nSPS) is 16.3. The topological polar surface area (TPSA) is 7.12 Å². The Hall–Kier alpha value is -4.38. The first-order valence-corrected chi connectivity index (χ1v) is 16.6. The molecule has 43 heavy (non-hydrogen) atoms. The summed E-state index contributed by atoms with van der Waals surface area (Å²) in [6.07, 6.45) is 11.5. The molecular weight excluding hydrogens is 561 g/mol. The van der Waals surface area contributed by atoms with Crippen LogP contribution in [0, 0.1) is 0 Å². The monoisotopic (exact) mass is 591 g/mol. The molecule has 4 heteroatoms. The summed E-state index contributed by atoms with van der Waals surface area (Å²) in [7, 11) is 0. The van der Waals surface area contributed by atoms with E-state index in [9.17, 15) is 0 Å². The Morgan fingerprint density at radius 3 is 2.14 bits per heavy atom. The summed E-state index contributed by atoms with van der Waals surface area (Å²) in [6.45, 7) is 6.35. The number of aryl methyl sites for hydroxylation is 1. The molecule has 0 unspecified atom stereocenters. The Kier molecular flexibility index (Phi) is 6.54. The Morgan fingerprint density at radius 2 is 1.40 bits per heavy atom. The van der Waals surface area contributed by atoms with E-state index >= 15 is 0 Å². The first-order chi connectivity index (χ1) is 21.2. The van der Waals surface area contributed by atoms with Crippen molar-refractivity contribution in [1.29, 1.82) is 0 Å². The molecule has 8 rings (SSSR count). The van der Waals surface area contributed by atoms with Crippen LogP contribution in [0.25, 0.3) is 49.0 Å². The molecule has 0 spiro atoms. The molecular formula is C39H31N2S2+. The van der Waals surface area contributed by atoms with Crippen molar-refractivity contribution in [1.82, 2.24) is 0 Å². The largest absolute Gasteiger partial charge is 0.335 e. The van der Waals surface area contributed by atoms with Crippen molar-refractivity contribution in [3.05, 3.63) is 143 Å². The molecule has 0 bridgehead atoms. The first-order valence-electron chi connectivity index (χ1n) is 14.9. The summed E-state index contributed by atoms with van der Waals surface area (Å²) in [5.74, 6) is 0. The van der Waals surface area contributed by atoms with Gasteiger partial charge in [-0.2, -0.15) is 4.57 Å². The minimum Gasteiger partial charge on any atom is -0.335 e. The lowest BCUT2D eigenvalue weighted by atomic mass is 10.0. The maximum atomic E-state index is 2.43. The second-order valence-electron chi connectivity index (χ2n) is 11.0. The third-order valence-electron chi connectivity index (χ3n) is 8.50. The molecule has 0 N–H and O–H groups in total. The first kappa shape index (κ1) is 26.3. The van der Waals surface area contributed by atoms with Gasteiger partial charge >= 0.3 is 0 Å². The molecule has 1 aliphatic carbocycles. The zero-order chi connectivity index (χ0) is 28.9. The number of benzene rings is 5. The molecule has 2 heterocycles. The van der Waals surface area contributed by atoms with Gasteiger partial charge in [0.05, 0.1) is 10.7 Å². The number of thioether (sulfide) groups is 1. The van der Waals surface area contributed by atoms with Crippen molar-refractivity contribution in [2.24, 2.45) is 0 Å². The maximum absolute atomic E-state index is 2.43. The van der Waals surface area contributed by atoms with E-state index in [0.29, 0.717) is 0 Å². The van der Waals surface area contributed by atoms with Gasteiger partial charge in [0, 0.05) is 23.6 Å². The van der Waals surface area contributed by atoms with Gasteiger partial charge in [-0.05, 0) is 94.1 Å². The van der Waals surface area contributed by atoms with E-state index < -0.39 is 0 Å². The van der Waals surface area contributed by atoms with Crippen LogP contribution in [-0.2, 0) is 6.54 Å². The number of hydrogen-bond acceptors (Lipinski definition) is 3. The molecule has 0 saturated carbocycles. The highest BCUT2D eigenvalue weighted by Gasteiger charge is 2.25. The fraction of sp³-hybridized carbons (Fsp3) is 0.103. The van der Waals surface area contributed by atoms with E-state index in [4.69, 9.17) is 0 Å². The van der Waals surface area contributed by atoms with Crippen LogP contribution in [0.4, 0.5) is 5.69 Å². The number of aromatic nitrogens is 1. The number of thiazole rings is 1. The van der Waals surface area contributed by atoms with Gasteiger partial charge in [-0.1, -0.05) is 102 Å². The molecule has 0 amide bonds. The highest BCUT2D eigenvalue weighted by atomic mass is 32.2. The van der Waals surface area contributed by atoms with Crippen LogP contribution in [0.15, 0.2) is 131 Å². The summed E-state index contributed by atoms with van der Waals surface area (Å²) in [4.78, 5) is 3.76. The predicted molar refractivity (Wildman–Crippen MR) is 188 cm³/mol. The van der Waals surface area contributed by atoms with Crippen LogP contribution in [0.1, 0.15) is 30.0 Å². The lowest BCUT2D eigenvalue weighted by Gasteiger charge is -2.18. The Balaban J connectivity index is 1.15. The highest BCUT2D eigenvalue weighted by Crippen LogP contribution is 2.48. The lowest BCUT2D eigenvalue weighted by molar-refractivity contribution is -0.665. The molecule has 0 radical (unpaired) electrons. The number of fused-ring (bicyclic) bond motifs is 5. The highest BCUT2D eigenvalue weighted by molar-refractivity contribution is 8.03. The van der Waals surface area contributed by atoms with E-state index in [1.807, 2.05) is 23.1 Å². The van der Waals surface area contributed by atoms with E-state index in [2.05, 4.69) is 151 Å². The van der Waals surface area contributed by atoms with Crippen LogP contribution in [0.3, 0.4) is 0 Å². The average molecular weight is 592 g/mol. The van der Waals surface area contributed by atoms with Crippen LogP contribution < -0.4 is 9.47 Å². The van der Waals surface area contributed by atoms with Crippen LogP contribution in [-0.4, -0.2) is 6.54 Å². The summed E-state index contributed by atoms with van der Waals surface area (Å²) in [6, 6.07) is 35.4. The Labute approximate surface area is 260 Å². The average Bonchev–Trinajstić information content (AvgIpc) is 3.70. The van der Waals surface area contributed by atoms with Gasteiger partial charge in [0.25, 0.3) is 5.01 Å². The standard InChI is InChI=1S/C39H31N2S2/c1-3-40-34-22-26-11-5-7-13-28(26)24-36(34)42-38(40)19-17-30-21-31(33-16-10-9-15-32(30)33)18-20-39-41(4-2)35-23-27-12-6-8-14-29(27)25-37(35)43-39/h5-25H,3-4H2,1-2H3/q+1. The van der Waals surface area contributed by atoms with Gasteiger partial charge in [0.2, 0.25) is 5.52 Å². The predicted octanol–water partition coefficient (Wildman–Crippen LogP) is 10.5. The number of rotatable bonds is 5. The number of anilines is 1. The van der Waals surface area contributed by atoms with E-state index in [0.717, 1.165) is 13.1 Å². The summed E-state index contributed by atoms with van der Waals surface area (Å²) >= 11 is 3.74. The van der Waals surface area contributed by atoms with Crippen molar-refractivity contribution in [3.8, 4) is 0 Å². The smallest absolute Gasteiger partial charge is 0.262 e.